The second-order valence-electron chi connectivity index (χ2n) is 8.48. The molecule has 0 aliphatic heterocycles. The summed E-state index contributed by atoms with van der Waals surface area (Å²) in [5, 5.41) is 8.12. The van der Waals surface area contributed by atoms with Gasteiger partial charge in [-0.2, -0.15) is 5.10 Å². The fourth-order valence-corrected chi connectivity index (χ4v) is 5.24. The van der Waals surface area contributed by atoms with Gasteiger partial charge in [-0.1, -0.05) is 32.9 Å². The Labute approximate surface area is 137 Å². The summed E-state index contributed by atoms with van der Waals surface area (Å²) < 4.78 is 0. The SMILES string of the molecule is CC1(C)CC=Cc2ccnc(-c3n[nH]c4c3C3(C)CCC4C3)c21. The van der Waals surface area contributed by atoms with Crippen LogP contribution < -0.4 is 0 Å². The Balaban J connectivity index is 1.78. The van der Waals surface area contributed by atoms with Gasteiger partial charge in [-0.25, -0.2) is 0 Å². The van der Waals surface area contributed by atoms with E-state index >= 15 is 0 Å². The largest absolute Gasteiger partial charge is 0.281 e. The van der Waals surface area contributed by atoms with Crippen LogP contribution in [0.25, 0.3) is 17.5 Å². The van der Waals surface area contributed by atoms with E-state index in [-0.39, 0.29) is 5.41 Å². The fourth-order valence-electron chi connectivity index (χ4n) is 5.24. The number of hydrogen-bond acceptors (Lipinski definition) is 2. The lowest BCUT2D eigenvalue weighted by Gasteiger charge is -2.31. The molecule has 1 saturated carbocycles. The molecular weight excluding hydrogens is 282 g/mol. The average Bonchev–Trinajstić information content (AvgIpc) is 3.16. The number of pyridine rings is 1. The van der Waals surface area contributed by atoms with Gasteiger partial charge in [-0.05, 0) is 53.7 Å². The summed E-state index contributed by atoms with van der Waals surface area (Å²) >= 11 is 0. The smallest absolute Gasteiger partial charge is 0.115 e. The molecule has 2 heterocycles. The second kappa shape index (κ2) is 4.14. The second-order valence-corrected chi connectivity index (χ2v) is 8.48. The van der Waals surface area contributed by atoms with Gasteiger partial charge in [0, 0.05) is 23.4 Å². The molecule has 3 heteroatoms. The third kappa shape index (κ3) is 1.65. The molecule has 2 atom stereocenters. The number of fused-ring (bicyclic) bond motifs is 6. The molecule has 0 aromatic carbocycles. The Morgan fingerprint density at radius 2 is 2.04 bits per heavy atom. The van der Waals surface area contributed by atoms with E-state index in [1.807, 2.05) is 6.20 Å². The summed E-state index contributed by atoms with van der Waals surface area (Å²) in [4.78, 5) is 4.81. The fraction of sp³-hybridized carbons (Fsp3) is 0.500. The maximum Gasteiger partial charge on any atom is 0.115 e. The van der Waals surface area contributed by atoms with Gasteiger partial charge < -0.3 is 0 Å². The van der Waals surface area contributed by atoms with Crippen LogP contribution >= 0.6 is 0 Å². The van der Waals surface area contributed by atoms with Gasteiger partial charge in [-0.3, -0.25) is 10.1 Å². The number of allylic oxidation sites excluding steroid dienone is 1. The van der Waals surface area contributed by atoms with Crippen LogP contribution in [-0.2, 0) is 10.8 Å². The standard InChI is InChI=1S/C20H23N3/c1-19(2)8-4-5-12-7-10-21-17(14(12)19)18-15-16(22-23-18)13-6-9-20(15,3)11-13/h4-5,7,10,13H,6,8-9,11H2,1-3H3,(H,22,23). The van der Waals surface area contributed by atoms with Gasteiger partial charge in [0.1, 0.15) is 5.69 Å². The van der Waals surface area contributed by atoms with E-state index < -0.39 is 0 Å². The highest BCUT2D eigenvalue weighted by Gasteiger charge is 2.49. The lowest BCUT2D eigenvalue weighted by atomic mass is 9.73. The van der Waals surface area contributed by atoms with E-state index in [0.717, 1.165) is 17.8 Å². The third-order valence-corrected chi connectivity index (χ3v) is 6.36. The van der Waals surface area contributed by atoms with Gasteiger partial charge in [-0.15, -0.1) is 0 Å². The van der Waals surface area contributed by atoms with Crippen molar-refractivity contribution in [3.8, 4) is 11.4 Å². The average molecular weight is 305 g/mol. The van der Waals surface area contributed by atoms with Crippen molar-refractivity contribution in [3.63, 3.8) is 0 Å². The van der Waals surface area contributed by atoms with Crippen molar-refractivity contribution >= 4 is 6.08 Å². The minimum absolute atomic E-state index is 0.109. The summed E-state index contributed by atoms with van der Waals surface area (Å²) in [6, 6.07) is 2.14. The molecule has 0 amide bonds. The molecule has 2 unspecified atom stereocenters. The van der Waals surface area contributed by atoms with Crippen molar-refractivity contribution < 1.29 is 0 Å². The molecule has 1 N–H and O–H groups in total. The lowest BCUT2D eigenvalue weighted by Crippen LogP contribution is -2.23. The summed E-state index contributed by atoms with van der Waals surface area (Å²) in [5.41, 5.74) is 8.13. The Morgan fingerprint density at radius 3 is 2.91 bits per heavy atom. The number of hydrogen-bond donors (Lipinski definition) is 1. The Hall–Kier alpha value is -1.90. The van der Waals surface area contributed by atoms with Crippen molar-refractivity contribution in [2.24, 2.45) is 0 Å². The van der Waals surface area contributed by atoms with Crippen LogP contribution in [-0.4, -0.2) is 15.2 Å². The van der Waals surface area contributed by atoms with Crippen molar-refractivity contribution in [3.05, 3.63) is 40.7 Å². The van der Waals surface area contributed by atoms with E-state index in [1.165, 1.54) is 41.6 Å². The zero-order valence-electron chi connectivity index (χ0n) is 14.1. The molecule has 2 aromatic rings. The van der Waals surface area contributed by atoms with Crippen LogP contribution in [0.5, 0.6) is 0 Å². The lowest BCUT2D eigenvalue weighted by molar-refractivity contribution is 0.505. The summed E-state index contributed by atoms with van der Waals surface area (Å²) in [5.74, 6) is 0.684. The van der Waals surface area contributed by atoms with E-state index in [4.69, 9.17) is 10.1 Å². The van der Waals surface area contributed by atoms with Crippen molar-refractivity contribution in [1.82, 2.24) is 15.2 Å². The zero-order chi connectivity index (χ0) is 15.8. The first-order chi connectivity index (χ1) is 11.0. The molecule has 118 valence electrons. The maximum atomic E-state index is 4.81. The number of nitrogens with one attached hydrogen (secondary N) is 1. The summed E-state index contributed by atoms with van der Waals surface area (Å²) in [6.45, 7) is 7.06. The van der Waals surface area contributed by atoms with Gasteiger partial charge in [0.05, 0.1) is 5.69 Å². The summed E-state index contributed by atoms with van der Waals surface area (Å²) in [7, 11) is 0. The molecule has 2 aromatic heterocycles. The number of nitrogens with zero attached hydrogens (tertiary/aromatic N) is 2. The first-order valence-corrected chi connectivity index (χ1v) is 8.75. The monoisotopic (exact) mass is 305 g/mol. The van der Waals surface area contributed by atoms with Gasteiger partial charge in [0.25, 0.3) is 0 Å². The van der Waals surface area contributed by atoms with Gasteiger partial charge in [0.15, 0.2) is 0 Å². The van der Waals surface area contributed by atoms with Crippen LogP contribution in [0.15, 0.2) is 18.3 Å². The first kappa shape index (κ1) is 13.5. The van der Waals surface area contributed by atoms with Crippen LogP contribution in [0.1, 0.15) is 74.8 Å². The van der Waals surface area contributed by atoms with Crippen LogP contribution in [0, 0.1) is 0 Å². The number of H-pyrrole nitrogens is 1. The first-order valence-electron chi connectivity index (χ1n) is 8.75. The molecule has 0 spiro atoms. The molecular formula is C20H23N3. The van der Waals surface area contributed by atoms with Crippen LogP contribution in [0.3, 0.4) is 0 Å². The number of aromatic amines is 1. The molecule has 2 bridgehead atoms. The van der Waals surface area contributed by atoms with E-state index in [2.05, 4.69) is 44.1 Å². The van der Waals surface area contributed by atoms with E-state index in [9.17, 15) is 0 Å². The quantitative estimate of drug-likeness (QED) is 0.829. The summed E-state index contributed by atoms with van der Waals surface area (Å²) in [6.07, 6.45) is 11.4. The van der Waals surface area contributed by atoms with Crippen LogP contribution in [0.4, 0.5) is 0 Å². The Morgan fingerprint density at radius 1 is 1.17 bits per heavy atom. The van der Waals surface area contributed by atoms with Crippen molar-refractivity contribution in [1.29, 1.82) is 0 Å². The van der Waals surface area contributed by atoms with Crippen molar-refractivity contribution in [2.75, 3.05) is 0 Å². The molecule has 0 radical (unpaired) electrons. The Bertz CT molecular complexity index is 843. The molecule has 23 heavy (non-hydrogen) atoms. The zero-order valence-corrected chi connectivity index (χ0v) is 14.1. The number of rotatable bonds is 1. The highest BCUT2D eigenvalue weighted by atomic mass is 15.1. The molecule has 1 fully saturated rings. The van der Waals surface area contributed by atoms with Gasteiger partial charge >= 0.3 is 0 Å². The third-order valence-electron chi connectivity index (χ3n) is 6.36. The van der Waals surface area contributed by atoms with E-state index in [0.29, 0.717) is 11.3 Å². The predicted octanol–water partition coefficient (Wildman–Crippen LogP) is 4.71. The van der Waals surface area contributed by atoms with Crippen LogP contribution in [0.2, 0.25) is 0 Å². The highest BCUT2D eigenvalue weighted by Crippen LogP contribution is 2.59. The molecule has 3 aliphatic carbocycles. The highest BCUT2D eigenvalue weighted by molar-refractivity contribution is 5.74. The van der Waals surface area contributed by atoms with Gasteiger partial charge in [0.2, 0.25) is 0 Å². The molecule has 0 saturated heterocycles. The predicted molar refractivity (Wildman–Crippen MR) is 92.4 cm³/mol. The van der Waals surface area contributed by atoms with Crippen molar-refractivity contribution in [2.45, 2.75) is 63.2 Å². The van der Waals surface area contributed by atoms with E-state index in [1.54, 1.807) is 0 Å². The Kier molecular flexibility index (Phi) is 2.43. The molecule has 3 nitrogen and oxygen atoms in total. The maximum absolute atomic E-state index is 4.81. The number of aromatic nitrogens is 3. The minimum atomic E-state index is 0.109. The molecule has 5 rings (SSSR count). The minimum Gasteiger partial charge on any atom is -0.281 e. The topological polar surface area (TPSA) is 41.6 Å². The molecule has 3 aliphatic rings. The normalized spacial score (nSPS) is 29.6.